The molecular formula is C23H20N4O2. The molecule has 29 heavy (non-hydrogen) atoms. The van der Waals surface area contributed by atoms with Gasteiger partial charge in [-0.2, -0.15) is 0 Å². The molecule has 2 aromatic heterocycles. The average Bonchev–Trinajstić information content (AvgIpc) is 2.75. The molecule has 4 aromatic rings. The van der Waals surface area contributed by atoms with Crippen LogP contribution in [0.4, 0.5) is 17.2 Å². The number of benzene rings is 2. The third-order valence-corrected chi connectivity index (χ3v) is 4.58. The molecule has 6 heteroatoms. The molecule has 0 saturated carbocycles. The first-order valence-corrected chi connectivity index (χ1v) is 9.38. The summed E-state index contributed by atoms with van der Waals surface area (Å²) in [6, 6.07) is 22.2. The summed E-state index contributed by atoms with van der Waals surface area (Å²) < 4.78 is 1.81. The van der Waals surface area contributed by atoms with Gasteiger partial charge in [0.05, 0.1) is 5.39 Å². The Morgan fingerprint density at radius 2 is 1.59 bits per heavy atom. The average molecular weight is 384 g/mol. The lowest BCUT2D eigenvalue weighted by atomic mass is 10.1. The molecule has 2 aromatic carbocycles. The van der Waals surface area contributed by atoms with Crippen molar-refractivity contribution in [2.75, 3.05) is 10.6 Å². The zero-order valence-electron chi connectivity index (χ0n) is 15.9. The van der Waals surface area contributed by atoms with Crippen molar-refractivity contribution in [3.05, 3.63) is 94.8 Å². The molecule has 2 heterocycles. The third-order valence-electron chi connectivity index (χ3n) is 4.58. The maximum atomic E-state index is 13.0. The summed E-state index contributed by atoms with van der Waals surface area (Å²) in [5, 5.41) is 6.41. The van der Waals surface area contributed by atoms with Crippen LogP contribution in [0.5, 0.6) is 0 Å². The highest BCUT2D eigenvalue weighted by Crippen LogP contribution is 2.18. The van der Waals surface area contributed by atoms with E-state index in [1.807, 2.05) is 60.0 Å². The van der Waals surface area contributed by atoms with Gasteiger partial charge in [-0.1, -0.05) is 36.4 Å². The number of fused-ring (bicyclic) bond motifs is 1. The maximum absolute atomic E-state index is 13.0. The van der Waals surface area contributed by atoms with E-state index in [1.54, 1.807) is 30.5 Å². The molecule has 0 fully saturated rings. The summed E-state index contributed by atoms with van der Waals surface area (Å²) in [6.07, 6.45) is 1.57. The van der Waals surface area contributed by atoms with E-state index in [0.717, 1.165) is 5.69 Å². The van der Waals surface area contributed by atoms with Crippen LogP contribution >= 0.6 is 0 Å². The molecule has 4 rings (SSSR count). The van der Waals surface area contributed by atoms with Crippen LogP contribution in [-0.4, -0.2) is 15.5 Å². The summed E-state index contributed by atoms with van der Waals surface area (Å²) in [7, 11) is 0. The summed E-state index contributed by atoms with van der Waals surface area (Å²) in [5.41, 5.74) is 1.84. The zero-order valence-corrected chi connectivity index (χ0v) is 15.9. The molecule has 0 atom stereocenters. The van der Waals surface area contributed by atoms with Crippen LogP contribution in [0.2, 0.25) is 0 Å². The van der Waals surface area contributed by atoms with Gasteiger partial charge in [0, 0.05) is 24.1 Å². The number of amides is 1. The quantitative estimate of drug-likeness (QED) is 0.534. The number of rotatable bonds is 5. The number of hydrogen-bond donors (Lipinski definition) is 2. The van der Waals surface area contributed by atoms with E-state index in [-0.39, 0.29) is 11.0 Å². The summed E-state index contributed by atoms with van der Waals surface area (Å²) in [4.78, 5) is 30.3. The lowest BCUT2D eigenvalue weighted by molar-refractivity contribution is 0.102. The van der Waals surface area contributed by atoms with Gasteiger partial charge in [-0.3, -0.25) is 9.59 Å². The lowest BCUT2D eigenvalue weighted by Gasteiger charge is -2.13. The number of carbonyl (C=O) groups is 1. The smallest absolute Gasteiger partial charge is 0.261 e. The van der Waals surface area contributed by atoms with Crippen molar-refractivity contribution in [3.8, 4) is 0 Å². The number of para-hydroxylation sites is 2. The second-order valence-electron chi connectivity index (χ2n) is 6.54. The molecule has 0 aliphatic carbocycles. The second-order valence-corrected chi connectivity index (χ2v) is 6.54. The minimum Gasteiger partial charge on any atom is -0.340 e. The van der Waals surface area contributed by atoms with E-state index >= 15 is 0 Å². The van der Waals surface area contributed by atoms with E-state index in [0.29, 0.717) is 29.1 Å². The number of hydrogen-bond acceptors (Lipinski definition) is 4. The molecule has 6 nitrogen and oxygen atoms in total. The molecule has 2 N–H and O–H groups in total. The first kappa shape index (κ1) is 18.4. The highest BCUT2D eigenvalue weighted by Gasteiger charge is 2.16. The molecule has 1 amide bonds. The molecule has 0 aliphatic rings. The molecule has 0 unspecified atom stereocenters. The van der Waals surface area contributed by atoms with Gasteiger partial charge in [-0.25, -0.2) is 4.98 Å². The fourth-order valence-corrected chi connectivity index (χ4v) is 3.13. The first-order valence-electron chi connectivity index (χ1n) is 9.38. The number of aromatic nitrogens is 2. The van der Waals surface area contributed by atoms with Gasteiger partial charge in [0.25, 0.3) is 5.91 Å². The Morgan fingerprint density at radius 1 is 0.931 bits per heavy atom. The van der Waals surface area contributed by atoms with Gasteiger partial charge < -0.3 is 15.2 Å². The van der Waals surface area contributed by atoms with Crippen molar-refractivity contribution >= 4 is 34.1 Å². The molecular weight excluding hydrogens is 364 g/mol. The van der Waals surface area contributed by atoms with Crippen molar-refractivity contribution in [1.82, 2.24) is 9.55 Å². The van der Waals surface area contributed by atoms with E-state index in [2.05, 4.69) is 15.6 Å². The van der Waals surface area contributed by atoms with Crippen LogP contribution in [0.25, 0.3) is 11.0 Å². The number of aryl methyl sites for hydroxylation is 1. The SMILES string of the molecule is CCn1cc(C(=O)Nc2ccccc2)c(=O)c2ccc(Nc3ccccc3)nc21. The van der Waals surface area contributed by atoms with Crippen molar-refractivity contribution in [2.24, 2.45) is 0 Å². The van der Waals surface area contributed by atoms with E-state index in [4.69, 9.17) is 0 Å². The fourth-order valence-electron chi connectivity index (χ4n) is 3.13. The highest BCUT2D eigenvalue weighted by atomic mass is 16.2. The molecule has 0 radical (unpaired) electrons. The van der Waals surface area contributed by atoms with E-state index in [1.165, 1.54) is 0 Å². The predicted molar refractivity (Wildman–Crippen MR) is 116 cm³/mol. The molecule has 0 spiro atoms. The number of anilines is 3. The second kappa shape index (κ2) is 7.98. The van der Waals surface area contributed by atoms with Gasteiger partial charge >= 0.3 is 0 Å². The van der Waals surface area contributed by atoms with Crippen LogP contribution in [0.15, 0.2) is 83.8 Å². The van der Waals surface area contributed by atoms with Crippen molar-refractivity contribution < 1.29 is 4.79 Å². The van der Waals surface area contributed by atoms with Crippen LogP contribution in [-0.2, 0) is 6.54 Å². The third kappa shape index (κ3) is 3.87. The molecule has 0 bridgehead atoms. The van der Waals surface area contributed by atoms with Crippen LogP contribution < -0.4 is 16.1 Å². The maximum Gasteiger partial charge on any atom is 0.261 e. The normalized spacial score (nSPS) is 10.7. The van der Waals surface area contributed by atoms with Crippen molar-refractivity contribution in [2.45, 2.75) is 13.5 Å². The number of pyridine rings is 2. The first-order chi connectivity index (χ1) is 14.2. The van der Waals surface area contributed by atoms with E-state index < -0.39 is 5.91 Å². The van der Waals surface area contributed by atoms with Crippen molar-refractivity contribution in [3.63, 3.8) is 0 Å². The number of carbonyl (C=O) groups excluding carboxylic acids is 1. The van der Waals surface area contributed by atoms with Crippen LogP contribution in [0, 0.1) is 0 Å². The monoisotopic (exact) mass is 384 g/mol. The standard InChI is InChI=1S/C23H20N4O2/c1-2-27-15-19(23(29)25-17-11-7-4-8-12-17)21(28)18-13-14-20(26-22(18)27)24-16-9-5-3-6-10-16/h3-15H,2H2,1H3,(H,24,26)(H,25,29). The van der Waals surface area contributed by atoms with Crippen LogP contribution in [0.3, 0.4) is 0 Å². The Bertz CT molecular complexity index is 1220. The topological polar surface area (TPSA) is 76.0 Å². The Kier molecular flexibility index (Phi) is 5.07. The van der Waals surface area contributed by atoms with Gasteiger partial charge in [0.1, 0.15) is 17.0 Å². The molecule has 0 saturated heterocycles. The number of nitrogens with one attached hydrogen (secondary N) is 2. The minimum absolute atomic E-state index is 0.0915. The summed E-state index contributed by atoms with van der Waals surface area (Å²) in [6.45, 7) is 2.52. The van der Waals surface area contributed by atoms with E-state index in [9.17, 15) is 9.59 Å². The molecule has 144 valence electrons. The summed E-state index contributed by atoms with van der Waals surface area (Å²) in [5.74, 6) is 0.198. The zero-order chi connectivity index (χ0) is 20.2. The van der Waals surface area contributed by atoms with Gasteiger partial charge in [-0.05, 0) is 43.3 Å². The van der Waals surface area contributed by atoms with Crippen molar-refractivity contribution in [1.29, 1.82) is 0 Å². The number of nitrogens with zero attached hydrogens (tertiary/aromatic N) is 2. The lowest BCUT2D eigenvalue weighted by Crippen LogP contribution is -2.24. The Labute approximate surface area is 167 Å². The Hall–Kier alpha value is -3.93. The van der Waals surface area contributed by atoms with Crippen LogP contribution in [0.1, 0.15) is 17.3 Å². The predicted octanol–water partition coefficient (Wildman–Crippen LogP) is 4.41. The Morgan fingerprint density at radius 3 is 2.24 bits per heavy atom. The highest BCUT2D eigenvalue weighted by molar-refractivity contribution is 6.05. The Balaban J connectivity index is 1.73. The fraction of sp³-hybridized carbons (Fsp3) is 0.0870. The summed E-state index contributed by atoms with van der Waals surface area (Å²) >= 11 is 0. The van der Waals surface area contributed by atoms with Gasteiger partial charge in [0.15, 0.2) is 0 Å². The van der Waals surface area contributed by atoms with Gasteiger partial charge in [0.2, 0.25) is 5.43 Å². The van der Waals surface area contributed by atoms with Gasteiger partial charge in [-0.15, -0.1) is 0 Å². The minimum atomic E-state index is -0.434. The molecule has 0 aliphatic heterocycles. The largest absolute Gasteiger partial charge is 0.340 e.